The predicted molar refractivity (Wildman–Crippen MR) is 115 cm³/mol. The first-order chi connectivity index (χ1) is 15.1. The van der Waals surface area contributed by atoms with Crippen molar-refractivity contribution < 1.29 is 32.3 Å². The quantitative estimate of drug-likeness (QED) is 0.360. The molecule has 1 atom stereocenters. The molecule has 1 saturated heterocycles. The minimum atomic E-state index is -3.91. The number of amides is 1. The average molecular weight is 487 g/mol. The molecule has 13 heteroatoms. The number of carbonyl (C=O) groups excluding carboxylic acids is 1. The number of sulfonamides is 1. The number of aliphatic hydroxyl groups excluding tert-OH is 1. The van der Waals surface area contributed by atoms with Crippen molar-refractivity contribution in [3.63, 3.8) is 0 Å². The van der Waals surface area contributed by atoms with Gasteiger partial charge in [-0.05, 0) is 26.0 Å². The molecule has 0 radical (unpaired) electrons. The molecule has 1 fully saturated rings. The van der Waals surface area contributed by atoms with E-state index in [0.29, 0.717) is 31.0 Å². The first-order valence-corrected chi connectivity index (χ1v) is 11.9. The van der Waals surface area contributed by atoms with Crippen LogP contribution < -0.4 is 10.0 Å². The molecule has 10 nitrogen and oxygen atoms in total. The summed E-state index contributed by atoms with van der Waals surface area (Å²) in [7, 11) is -3.91. The van der Waals surface area contributed by atoms with Crippen molar-refractivity contribution in [3.8, 4) is 0 Å². The van der Waals surface area contributed by atoms with E-state index in [9.17, 15) is 22.7 Å². The molecule has 1 aliphatic heterocycles. The van der Waals surface area contributed by atoms with E-state index in [4.69, 9.17) is 9.57 Å². The molecule has 3 rings (SSSR count). The predicted octanol–water partition coefficient (Wildman–Crippen LogP) is 1.48. The van der Waals surface area contributed by atoms with Gasteiger partial charge in [0.25, 0.3) is 5.91 Å². The topological polar surface area (TPSA) is 139 Å². The number of halogens is 1. The molecule has 0 bridgehead atoms. The second-order valence-corrected chi connectivity index (χ2v) is 10.3. The number of hydrogen-bond donors (Lipinski definition) is 3. The number of benzene rings is 1. The van der Waals surface area contributed by atoms with Crippen LogP contribution in [0.15, 0.2) is 40.5 Å². The fraction of sp³-hybridized carbons (Fsp3) is 0.421. The third-order valence-electron chi connectivity index (χ3n) is 4.34. The summed E-state index contributed by atoms with van der Waals surface area (Å²) in [6.45, 7) is 3.55. The van der Waals surface area contributed by atoms with Gasteiger partial charge in [-0.2, -0.15) is 4.39 Å². The van der Waals surface area contributed by atoms with E-state index in [-0.39, 0.29) is 34.0 Å². The Morgan fingerprint density at radius 2 is 2.12 bits per heavy atom. The van der Waals surface area contributed by atoms with Gasteiger partial charge in [-0.15, -0.1) is 0 Å². The number of rotatable bonds is 9. The zero-order valence-electron chi connectivity index (χ0n) is 17.4. The summed E-state index contributed by atoms with van der Waals surface area (Å²) in [5, 5.41) is 15.2. The maximum absolute atomic E-state index is 13.2. The lowest BCUT2D eigenvalue weighted by Gasteiger charge is -2.23. The molecule has 0 aliphatic carbocycles. The van der Waals surface area contributed by atoms with Gasteiger partial charge in [0.15, 0.2) is 22.1 Å². The highest BCUT2D eigenvalue weighted by Crippen LogP contribution is 2.19. The lowest BCUT2D eigenvalue weighted by molar-refractivity contribution is -0.110. The number of oxime groups is 1. The summed E-state index contributed by atoms with van der Waals surface area (Å²) < 4.78 is 45.9. The third kappa shape index (κ3) is 6.29. The Hall–Kier alpha value is -2.45. The first-order valence-electron chi connectivity index (χ1n) is 9.59. The number of carbonyl (C=O) groups is 1. The SMILES string of the molecule is CC(C)(CO)NS(=O)(=O)c1ccc(C(=NO[C@@H]2CCOC2)C(=O)Nc2ncc(F)s2)cc1. The number of nitrogens with zero attached hydrogens (tertiary/aromatic N) is 2. The summed E-state index contributed by atoms with van der Waals surface area (Å²) >= 11 is 0.652. The number of nitrogens with one attached hydrogen (secondary N) is 2. The normalized spacial score (nSPS) is 17.4. The molecule has 0 unspecified atom stereocenters. The summed E-state index contributed by atoms with van der Waals surface area (Å²) in [6, 6.07) is 5.40. The van der Waals surface area contributed by atoms with Crippen LogP contribution in [-0.2, 0) is 24.4 Å². The maximum atomic E-state index is 13.2. The van der Waals surface area contributed by atoms with Gasteiger partial charge in [0.2, 0.25) is 10.0 Å². The lowest BCUT2D eigenvalue weighted by Crippen LogP contribution is -2.46. The summed E-state index contributed by atoms with van der Waals surface area (Å²) in [6.07, 6.45) is 1.27. The highest BCUT2D eigenvalue weighted by molar-refractivity contribution is 7.89. The molecule has 2 heterocycles. The average Bonchev–Trinajstić information content (AvgIpc) is 3.39. The van der Waals surface area contributed by atoms with Crippen LogP contribution in [0.4, 0.5) is 9.52 Å². The summed E-state index contributed by atoms with van der Waals surface area (Å²) in [4.78, 5) is 21.9. The van der Waals surface area contributed by atoms with E-state index in [1.54, 1.807) is 13.8 Å². The minimum Gasteiger partial charge on any atom is -0.394 e. The Kier molecular flexibility index (Phi) is 7.56. The van der Waals surface area contributed by atoms with Crippen molar-refractivity contribution in [2.24, 2.45) is 5.16 Å². The first kappa shape index (κ1) is 24.2. The van der Waals surface area contributed by atoms with Crippen molar-refractivity contribution in [1.82, 2.24) is 9.71 Å². The zero-order chi connectivity index (χ0) is 23.4. The van der Waals surface area contributed by atoms with E-state index in [1.807, 2.05) is 0 Å². The molecule has 1 aliphatic rings. The molecule has 2 aromatic rings. The van der Waals surface area contributed by atoms with Crippen LogP contribution in [0.1, 0.15) is 25.8 Å². The second kappa shape index (κ2) is 10.0. The standard InChI is InChI=1S/C19H23FN4O6S2/c1-19(2,11-25)24-32(27,28)14-5-3-12(4-6-14)16(23-30-13-7-8-29-10-13)17(26)22-18-21-9-15(20)31-18/h3-6,9,13,24-25H,7-8,10-11H2,1-2H3,(H,21,22,26)/t13-/m1/s1. The fourth-order valence-corrected chi connectivity index (χ4v) is 4.61. The van der Waals surface area contributed by atoms with E-state index < -0.39 is 26.6 Å². The van der Waals surface area contributed by atoms with Gasteiger partial charge in [-0.25, -0.2) is 18.1 Å². The molecular weight excluding hydrogens is 463 g/mol. The van der Waals surface area contributed by atoms with Crippen LogP contribution in [0.5, 0.6) is 0 Å². The van der Waals surface area contributed by atoms with Gasteiger partial charge < -0.3 is 14.7 Å². The van der Waals surface area contributed by atoms with E-state index in [1.165, 1.54) is 24.3 Å². The fourth-order valence-electron chi connectivity index (χ4n) is 2.66. The van der Waals surface area contributed by atoms with Gasteiger partial charge in [0.1, 0.15) is 0 Å². The van der Waals surface area contributed by atoms with Crippen LogP contribution in [0.3, 0.4) is 0 Å². The zero-order valence-corrected chi connectivity index (χ0v) is 19.0. The van der Waals surface area contributed by atoms with Crippen molar-refractivity contribution in [1.29, 1.82) is 0 Å². The molecule has 0 saturated carbocycles. The molecule has 0 spiro atoms. The number of ether oxygens (including phenoxy) is 1. The van der Waals surface area contributed by atoms with Gasteiger partial charge in [-0.1, -0.05) is 28.6 Å². The minimum absolute atomic E-state index is 0.0408. The van der Waals surface area contributed by atoms with Crippen LogP contribution >= 0.6 is 11.3 Å². The Bertz CT molecular complexity index is 1080. The van der Waals surface area contributed by atoms with Gasteiger partial charge in [0.05, 0.1) is 36.5 Å². The van der Waals surface area contributed by atoms with Crippen LogP contribution in [0.25, 0.3) is 0 Å². The van der Waals surface area contributed by atoms with Gasteiger partial charge >= 0.3 is 0 Å². The largest absolute Gasteiger partial charge is 0.394 e. The van der Waals surface area contributed by atoms with Crippen molar-refractivity contribution in [3.05, 3.63) is 41.2 Å². The van der Waals surface area contributed by atoms with Crippen LogP contribution in [-0.4, -0.2) is 61.6 Å². The number of aliphatic hydroxyl groups is 1. The molecule has 1 aromatic heterocycles. The third-order valence-corrected chi connectivity index (χ3v) is 6.75. The number of aromatic nitrogens is 1. The van der Waals surface area contributed by atoms with Crippen LogP contribution in [0.2, 0.25) is 0 Å². The lowest BCUT2D eigenvalue weighted by atomic mass is 10.1. The molecule has 1 aromatic carbocycles. The Morgan fingerprint density at radius 3 is 2.69 bits per heavy atom. The molecule has 1 amide bonds. The van der Waals surface area contributed by atoms with E-state index >= 15 is 0 Å². The van der Waals surface area contributed by atoms with Crippen molar-refractivity contribution in [2.75, 3.05) is 25.1 Å². The number of hydrogen-bond acceptors (Lipinski definition) is 9. The second-order valence-electron chi connectivity index (χ2n) is 7.63. The monoisotopic (exact) mass is 486 g/mol. The smallest absolute Gasteiger partial charge is 0.280 e. The van der Waals surface area contributed by atoms with E-state index in [2.05, 4.69) is 20.2 Å². The number of anilines is 1. The Balaban J connectivity index is 1.85. The van der Waals surface area contributed by atoms with Crippen LogP contribution in [0, 0.1) is 5.13 Å². The Morgan fingerprint density at radius 1 is 1.41 bits per heavy atom. The number of thiazole rings is 1. The molecule has 32 heavy (non-hydrogen) atoms. The maximum Gasteiger partial charge on any atom is 0.280 e. The van der Waals surface area contributed by atoms with Crippen molar-refractivity contribution >= 4 is 38.1 Å². The van der Waals surface area contributed by atoms with Gasteiger partial charge in [0, 0.05) is 12.0 Å². The summed E-state index contributed by atoms with van der Waals surface area (Å²) in [5.74, 6) is -0.701. The molecule has 174 valence electrons. The summed E-state index contributed by atoms with van der Waals surface area (Å²) in [5.41, 5.74) is -0.914. The van der Waals surface area contributed by atoms with E-state index in [0.717, 1.165) is 6.20 Å². The Labute approximate surface area is 188 Å². The highest BCUT2D eigenvalue weighted by atomic mass is 32.2. The van der Waals surface area contributed by atoms with Gasteiger partial charge in [-0.3, -0.25) is 10.1 Å². The highest BCUT2D eigenvalue weighted by Gasteiger charge is 2.26. The molecular formula is C19H23FN4O6S2. The molecule has 3 N–H and O–H groups in total. The van der Waals surface area contributed by atoms with Crippen molar-refractivity contribution in [2.45, 2.75) is 36.8 Å².